The first-order valence-corrected chi connectivity index (χ1v) is 9.23. The molecule has 1 N–H and O–H groups in total. The molecule has 7 heteroatoms. The van der Waals surface area contributed by atoms with E-state index in [4.69, 9.17) is 10.7 Å². The minimum atomic E-state index is -3.81. The maximum absolute atomic E-state index is 12.2. The topological polar surface area (TPSA) is 68.2 Å². The van der Waals surface area contributed by atoms with Gasteiger partial charge in [0.2, 0.25) is 0 Å². The predicted octanol–water partition coefficient (Wildman–Crippen LogP) is 2.42. The van der Waals surface area contributed by atoms with Gasteiger partial charge >= 0.3 is 0 Å². The summed E-state index contributed by atoms with van der Waals surface area (Å²) < 4.78 is 24.8. The molecule has 110 valence electrons. The molecule has 0 spiro atoms. The summed E-state index contributed by atoms with van der Waals surface area (Å²) in [4.78, 5) is 12.2. The number of hydrogen-bond acceptors (Lipinski definition) is 3. The van der Waals surface area contributed by atoms with Gasteiger partial charge in [-0.3, -0.25) is 4.79 Å². The van der Waals surface area contributed by atoms with E-state index in [2.05, 4.69) is 5.32 Å². The van der Waals surface area contributed by atoms with Crippen LogP contribution in [0.25, 0.3) is 0 Å². The smallest absolute Gasteiger partial charge is 0.268 e. The SMILES string of the molecule is O=C(NC1CC1)c1cc(S(=O)(=O)Cl)cn1C1CCCC1. The van der Waals surface area contributed by atoms with Crippen molar-refractivity contribution in [1.82, 2.24) is 9.88 Å². The molecule has 0 radical (unpaired) electrons. The van der Waals surface area contributed by atoms with Gasteiger partial charge in [0.05, 0.1) is 0 Å². The Morgan fingerprint density at radius 3 is 2.45 bits per heavy atom. The number of nitrogens with one attached hydrogen (secondary N) is 1. The highest BCUT2D eigenvalue weighted by molar-refractivity contribution is 8.13. The summed E-state index contributed by atoms with van der Waals surface area (Å²) in [5.41, 5.74) is 0.406. The minimum absolute atomic E-state index is 0.00649. The molecule has 1 heterocycles. The Balaban J connectivity index is 1.95. The van der Waals surface area contributed by atoms with Gasteiger partial charge in [0, 0.05) is 29.0 Å². The molecule has 2 aliphatic rings. The lowest BCUT2D eigenvalue weighted by Crippen LogP contribution is -2.28. The zero-order valence-corrected chi connectivity index (χ0v) is 12.6. The second-order valence-corrected chi connectivity index (χ2v) is 8.16. The van der Waals surface area contributed by atoms with E-state index in [1.807, 2.05) is 0 Å². The lowest BCUT2D eigenvalue weighted by Gasteiger charge is -2.15. The first kappa shape index (κ1) is 13.9. The zero-order chi connectivity index (χ0) is 14.3. The molecule has 0 aliphatic heterocycles. The third-order valence-corrected chi connectivity index (χ3v) is 5.29. The van der Waals surface area contributed by atoms with Gasteiger partial charge in [0.25, 0.3) is 15.0 Å². The molecular formula is C13H17ClN2O3S. The van der Waals surface area contributed by atoms with Crippen molar-refractivity contribution in [2.75, 3.05) is 0 Å². The summed E-state index contributed by atoms with van der Waals surface area (Å²) in [5.74, 6) is -0.203. The average molecular weight is 317 g/mol. The second-order valence-electron chi connectivity index (χ2n) is 5.59. The number of carbonyl (C=O) groups is 1. The Labute approximate surface area is 122 Å². The second kappa shape index (κ2) is 5.07. The van der Waals surface area contributed by atoms with E-state index in [0.717, 1.165) is 38.5 Å². The molecule has 3 rings (SSSR count). The normalized spacial score (nSPS) is 20.2. The van der Waals surface area contributed by atoms with Crippen LogP contribution in [-0.2, 0) is 9.05 Å². The van der Waals surface area contributed by atoms with E-state index in [1.165, 1.54) is 12.3 Å². The van der Waals surface area contributed by atoms with Crippen LogP contribution in [0.1, 0.15) is 55.1 Å². The fourth-order valence-electron chi connectivity index (χ4n) is 2.74. The first-order valence-electron chi connectivity index (χ1n) is 6.92. The zero-order valence-electron chi connectivity index (χ0n) is 11.0. The molecule has 2 fully saturated rings. The Kier molecular flexibility index (Phi) is 3.54. The van der Waals surface area contributed by atoms with Gasteiger partial charge in [0.15, 0.2) is 0 Å². The highest BCUT2D eigenvalue weighted by Crippen LogP contribution is 2.33. The predicted molar refractivity (Wildman–Crippen MR) is 75.5 cm³/mol. The number of aromatic nitrogens is 1. The maximum Gasteiger partial charge on any atom is 0.268 e. The van der Waals surface area contributed by atoms with Gasteiger partial charge in [-0.05, 0) is 31.7 Å². The molecule has 2 aliphatic carbocycles. The standard InChI is InChI=1S/C13H17ClN2O3S/c14-20(18,19)11-7-12(13(17)15-9-5-6-9)16(8-11)10-3-1-2-4-10/h7-10H,1-6H2,(H,15,17). The number of rotatable bonds is 4. The van der Waals surface area contributed by atoms with Crippen LogP contribution in [0, 0.1) is 0 Å². The van der Waals surface area contributed by atoms with Crippen LogP contribution in [0.2, 0.25) is 0 Å². The Bertz CT molecular complexity index is 628. The average Bonchev–Trinajstić information content (AvgIpc) is 2.91. The molecule has 5 nitrogen and oxygen atoms in total. The summed E-state index contributed by atoms with van der Waals surface area (Å²) in [6.07, 6.45) is 7.65. The van der Waals surface area contributed by atoms with Gasteiger partial charge in [-0.25, -0.2) is 8.42 Å². The van der Waals surface area contributed by atoms with Crippen molar-refractivity contribution in [1.29, 1.82) is 0 Å². The number of halogens is 1. The maximum atomic E-state index is 12.2. The summed E-state index contributed by atoms with van der Waals surface area (Å²) in [5, 5.41) is 2.90. The third kappa shape index (κ3) is 2.86. The summed E-state index contributed by atoms with van der Waals surface area (Å²) in [7, 11) is 1.59. The van der Waals surface area contributed by atoms with Crippen molar-refractivity contribution < 1.29 is 13.2 Å². The lowest BCUT2D eigenvalue weighted by molar-refractivity contribution is 0.0939. The van der Waals surface area contributed by atoms with Crippen molar-refractivity contribution in [3.8, 4) is 0 Å². The van der Waals surface area contributed by atoms with Crippen molar-refractivity contribution in [3.05, 3.63) is 18.0 Å². The summed E-state index contributed by atoms with van der Waals surface area (Å²) in [6, 6.07) is 1.82. The van der Waals surface area contributed by atoms with E-state index in [0.29, 0.717) is 5.69 Å². The summed E-state index contributed by atoms with van der Waals surface area (Å²) >= 11 is 0. The molecule has 0 bridgehead atoms. The van der Waals surface area contributed by atoms with E-state index in [1.54, 1.807) is 4.57 Å². The molecule has 0 saturated heterocycles. The molecular weight excluding hydrogens is 300 g/mol. The monoisotopic (exact) mass is 316 g/mol. The Hall–Kier alpha value is -1.01. The third-order valence-electron chi connectivity index (χ3n) is 3.97. The fourth-order valence-corrected chi connectivity index (χ4v) is 3.49. The van der Waals surface area contributed by atoms with Gasteiger partial charge in [-0.15, -0.1) is 0 Å². The van der Waals surface area contributed by atoms with Crippen LogP contribution in [0.5, 0.6) is 0 Å². The minimum Gasteiger partial charge on any atom is -0.348 e. The van der Waals surface area contributed by atoms with Crippen LogP contribution < -0.4 is 5.32 Å². The van der Waals surface area contributed by atoms with Crippen molar-refractivity contribution in [2.45, 2.75) is 55.5 Å². The van der Waals surface area contributed by atoms with Crippen LogP contribution in [-0.4, -0.2) is 24.9 Å². The van der Waals surface area contributed by atoms with E-state index < -0.39 is 9.05 Å². The number of amides is 1. The number of carbonyl (C=O) groups excluding carboxylic acids is 1. The highest BCUT2D eigenvalue weighted by atomic mass is 35.7. The van der Waals surface area contributed by atoms with Gasteiger partial charge in [-0.1, -0.05) is 12.8 Å². The molecule has 0 unspecified atom stereocenters. The summed E-state index contributed by atoms with van der Waals surface area (Å²) in [6.45, 7) is 0. The molecule has 20 heavy (non-hydrogen) atoms. The van der Waals surface area contributed by atoms with Gasteiger partial charge in [-0.2, -0.15) is 0 Å². The molecule has 0 atom stereocenters. The lowest BCUT2D eigenvalue weighted by atomic mass is 10.2. The van der Waals surface area contributed by atoms with Gasteiger partial charge < -0.3 is 9.88 Å². The van der Waals surface area contributed by atoms with Crippen LogP contribution in [0.3, 0.4) is 0 Å². The molecule has 2 saturated carbocycles. The highest BCUT2D eigenvalue weighted by Gasteiger charge is 2.29. The largest absolute Gasteiger partial charge is 0.348 e. The van der Waals surface area contributed by atoms with Crippen molar-refractivity contribution in [2.24, 2.45) is 0 Å². The van der Waals surface area contributed by atoms with Crippen LogP contribution in [0.15, 0.2) is 17.2 Å². The van der Waals surface area contributed by atoms with E-state index in [-0.39, 0.29) is 22.9 Å². The number of hydrogen-bond donors (Lipinski definition) is 1. The van der Waals surface area contributed by atoms with Crippen LogP contribution >= 0.6 is 10.7 Å². The quantitative estimate of drug-likeness (QED) is 0.867. The van der Waals surface area contributed by atoms with Crippen molar-refractivity contribution >= 4 is 25.6 Å². The molecule has 1 amide bonds. The van der Waals surface area contributed by atoms with Gasteiger partial charge in [0.1, 0.15) is 10.6 Å². The van der Waals surface area contributed by atoms with Crippen LogP contribution in [0.4, 0.5) is 0 Å². The number of nitrogens with zero attached hydrogens (tertiary/aromatic N) is 1. The van der Waals surface area contributed by atoms with E-state index in [9.17, 15) is 13.2 Å². The fraction of sp³-hybridized carbons (Fsp3) is 0.615. The Morgan fingerprint density at radius 2 is 1.90 bits per heavy atom. The first-order chi connectivity index (χ1) is 9.45. The molecule has 1 aromatic rings. The van der Waals surface area contributed by atoms with E-state index >= 15 is 0 Å². The Morgan fingerprint density at radius 1 is 1.25 bits per heavy atom. The van der Waals surface area contributed by atoms with Crippen molar-refractivity contribution in [3.63, 3.8) is 0 Å². The molecule has 0 aromatic carbocycles. The molecule has 1 aromatic heterocycles.